The zero-order valence-electron chi connectivity index (χ0n) is 20.2. The number of nitrogens with two attached hydrogens (primary N) is 1. The number of imidazole rings is 1. The van der Waals surface area contributed by atoms with Crippen LogP contribution in [0.3, 0.4) is 0 Å². The summed E-state index contributed by atoms with van der Waals surface area (Å²) in [4.78, 5) is 9.99. The van der Waals surface area contributed by atoms with E-state index in [1.54, 1.807) is 0 Å². The first-order chi connectivity index (χ1) is 17.6. The molecule has 176 valence electrons. The lowest BCUT2D eigenvalue weighted by Gasteiger charge is -2.38. The van der Waals surface area contributed by atoms with Crippen LogP contribution in [0, 0.1) is 6.92 Å². The molecule has 5 heteroatoms. The minimum atomic E-state index is -0.188. The molecule has 2 aromatic heterocycles. The Kier molecular flexibility index (Phi) is 4.63. The van der Waals surface area contributed by atoms with Crippen LogP contribution in [-0.4, -0.2) is 14.5 Å². The number of aromatic nitrogens is 3. The zero-order chi connectivity index (χ0) is 24.3. The van der Waals surface area contributed by atoms with Crippen molar-refractivity contribution in [3.8, 4) is 39.6 Å². The lowest BCUT2D eigenvalue weighted by atomic mass is 9.72. The first kappa shape index (κ1) is 21.1. The molecule has 0 spiro atoms. The quantitative estimate of drug-likeness (QED) is 0.294. The Morgan fingerprint density at radius 2 is 1.61 bits per heavy atom. The van der Waals surface area contributed by atoms with Crippen LogP contribution in [0.2, 0.25) is 0 Å². The first-order valence-corrected chi connectivity index (χ1v) is 12.5. The summed E-state index contributed by atoms with van der Waals surface area (Å²) in [6.45, 7) is 2.11. The van der Waals surface area contributed by atoms with Crippen LogP contribution < -0.4 is 11.1 Å². The first-order valence-electron chi connectivity index (χ1n) is 12.5. The van der Waals surface area contributed by atoms with Crippen LogP contribution in [0.4, 0.5) is 11.5 Å². The molecule has 0 amide bonds. The number of aryl methyl sites for hydroxylation is 1. The van der Waals surface area contributed by atoms with E-state index < -0.39 is 0 Å². The number of nitrogens with one attached hydrogen (secondary N) is 1. The highest BCUT2D eigenvalue weighted by molar-refractivity contribution is 5.90. The monoisotopic (exact) mass is 469 g/mol. The predicted octanol–water partition coefficient (Wildman–Crippen LogP) is 6.97. The fourth-order valence-electron chi connectivity index (χ4n) is 5.41. The van der Waals surface area contributed by atoms with Crippen LogP contribution in [0.25, 0.3) is 39.6 Å². The Bertz CT molecular complexity index is 1590. The molecule has 5 nitrogen and oxygen atoms in total. The highest BCUT2D eigenvalue weighted by Crippen LogP contribution is 2.45. The molecule has 0 bridgehead atoms. The number of hydrogen-bond acceptors (Lipinski definition) is 4. The lowest BCUT2D eigenvalue weighted by Crippen LogP contribution is -2.43. The molecule has 36 heavy (non-hydrogen) atoms. The molecule has 3 N–H and O–H groups in total. The Labute approximate surface area is 210 Å². The number of rotatable bonds is 3. The smallest absolute Gasteiger partial charge is 0.154 e. The topological polar surface area (TPSA) is 68.8 Å². The summed E-state index contributed by atoms with van der Waals surface area (Å²) < 4.78 is 2.26. The summed E-state index contributed by atoms with van der Waals surface area (Å²) in [5.41, 5.74) is 16.1. The SMILES string of the molecule is Cc1ccc(-c2nc3n(c2-c2ccc(C4(N)CCC4)cc2)-c2cccnc2Nc2ccccc2-3)cc1. The van der Waals surface area contributed by atoms with Crippen molar-refractivity contribution in [2.24, 2.45) is 5.73 Å². The molecule has 0 atom stereocenters. The third-order valence-corrected chi connectivity index (χ3v) is 7.63. The molecule has 1 fully saturated rings. The number of nitrogens with zero attached hydrogens (tertiary/aromatic N) is 3. The second-order valence-electron chi connectivity index (χ2n) is 9.96. The van der Waals surface area contributed by atoms with Crippen LogP contribution >= 0.6 is 0 Å². The normalized spacial score (nSPS) is 15.1. The van der Waals surface area contributed by atoms with Gasteiger partial charge < -0.3 is 11.1 Å². The van der Waals surface area contributed by atoms with Gasteiger partial charge in [-0.25, -0.2) is 9.97 Å². The van der Waals surface area contributed by atoms with Gasteiger partial charge in [0.2, 0.25) is 0 Å². The summed E-state index contributed by atoms with van der Waals surface area (Å²) in [5, 5.41) is 3.54. The van der Waals surface area contributed by atoms with Gasteiger partial charge in [-0.1, -0.05) is 66.2 Å². The maximum Gasteiger partial charge on any atom is 0.154 e. The second kappa shape index (κ2) is 7.90. The molecule has 0 radical (unpaired) electrons. The third-order valence-electron chi connectivity index (χ3n) is 7.63. The molecule has 5 aromatic rings. The van der Waals surface area contributed by atoms with Crippen molar-refractivity contribution in [2.75, 3.05) is 5.32 Å². The molecule has 0 saturated heterocycles. The minimum Gasteiger partial charge on any atom is -0.338 e. The van der Waals surface area contributed by atoms with Gasteiger partial charge >= 0.3 is 0 Å². The van der Waals surface area contributed by atoms with E-state index in [1.165, 1.54) is 17.5 Å². The standard InChI is InChI=1S/C31H27N5/c1-20-9-11-21(12-10-20)27-28(22-13-15-23(16-14-22)31(32)17-5-18-31)36-26-8-4-19-33-29(26)34-25-7-3-2-6-24(25)30(36)35-27/h2-4,6-16,19H,5,17-18,32H2,1H3,(H,33,34). The molecule has 1 saturated carbocycles. The van der Waals surface area contributed by atoms with E-state index in [9.17, 15) is 0 Å². The van der Waals surface area contributed by atoms with Crippen LogP contribution in [0.1, 0.15) is 30.4 Å². The fourth-order valence-corrected chi connectivity index (χ4v) is 5.41. The second-order valence-corrected chi connectivity index (χ2v) is 9.96. The van der Waals surface area contributed by atoms with E-state index in [1.807, 2.05) is 18.3 Å². The molecule has 1 aliphatic heterocycles. The maximum absolute atomic E-state index is 6.64. The van der Waals surface area contributed by atoms with Gasteiger partial charge in [-0.05, 0) is 56.0 Å². The molecule has 0 unspecified atom stereocenters. The van der Waals surface area contributed by atoms with E-state index in [0.29, 0.717) is 0 Å². The van der Waals surface area contributed by atoms with Crippen molar-refractivity contribution in [2.45, 2.75) is 31.7 Å². The Morgan fingerprint density at radius 3 is 2.36 bits per heavy atom. The number of hydrogen-bond donors (Lipinski definition) is 2. The number of anilines is 2. The van der Waals surface area contributed by atoms with Gasteiger partial charge in [-0.15, -0.1) is 0 Å². The zero-order valence-corrected chi connectivity index (χ0v) is 20.2. The van der Waals surface area contributed by atoms with Gasteiger partial charge in [0.05, 0.1) is 22.8 Å². The van der Waals surface area contributed by atoms with Gasteiger partial charge in [0, 0.05) is 28.4 Å². The predicted molar refractivity (Wildman–Crippen MR) is 145 cm³/mol. The van der Waals surface area contributed by atoms with Crippen molar-refractivity contribution >= 4 is 11.5 Å². The molecule has 3 aromatic carbocycles. The Hall–Kier alpha value is -4.22. The van der Waals surface area contributed by atoms with Crippen molar-refractivity contribution in [3.05, 3.63) is 102 Å². The fraction of sp³-hybridized carbons (Fsp3) is 0.161. The average molecular weight is 470 g/mol. The van der Waals surface area contributed by atoms with Gasteiger partial charge in [0.1, 0.15) is 5.82 Å². The number of pyridine rings is 1. The molecular weight excluding hydrogens is 442 g/mol. The van der Waals surface area contributed by atoms with Gasteiger partial charge in [0.15, 0.2) is 5.82 Å². The summed E-state index contributed by atoms with van der Waals surface area (Å²) >= 11 is 0. The Balaban J connectivity index is 1.53. The van der Waals surface area contributed by atoms with Crippen LogP contribution in [0.15, 0.2) is 91.1 Å². The van der Waals surface area contributed by atoms with E-state index in [4.69, 9.17) is 15.7 Å². The number of para-hydroxylation sites is 1. The number of fused-ring (bicyclic) bond motifs is 5. The molecule has 2 aliphatic rings. The molecule has 7 rings (SSSR count). The molecule has 3 heterocycles. The number of benzene rings is 3. The van der Waals surface area contributed by atoms with Crippen molar-refractivity contribution in [1.29, 1.82) is 0 Å². The largest absolute Gasteiger partial charge is 0.338 e. The molecule has 1 aliphatic carbocycles. The Morgan fingerprint density at radius 1 is 0.861 bits per heavy atom. The lowest BCUT2D eigenvalue weighted by molar-refractivity contribution is 0.253. The van der Waals surface area contributed by atoms with E-state index >= 15 is 0 Å². The average Bonchev–Trinajstić information content (AvgIpc) is 3.22. The highest BCUT2D eigenvalue weighted by Gasteiger charge is 2.34. The molecular formula is C31H27N5. The summed E-state index contributed by atoms with van der Waals surface area (Å²) in [6.07, 6.45) is 5.11. The van der Waals surface area contributed by atoms with Crippen LogP contribution in [0.5, 0.6) is 0 Å². The van der Waals surface area contributed by atoms with Crippen molar-refractivity contribution in [1.82, 2.24) is 14.5 Å². The van der Waals surface area contributed by atoms with Gasteiger partial charge in [-0.3, -0.25) is 4.57 Å². The van der Waals surface area contributed by atoms with Crippen molar-refractivity contribution in [3.63, 3.8) is 0 Å². The van der Waals surface area contributed by atoms with Crippen LogP contribution in [-0.2, 0) is 5.54 Å². The van der Waals surface area contributed by atoms with Crippen molar-refractivity contribution < 1.29 is 0 Å². The van der Waals surface area contributed by atoms with Gasteiger partial charge in [0.25, 0.3) is 0 Å². The minimum absolute atomic E-state index is 0.188. The van der Waals surface area contributed by atoms with Gasteiger partial charge in [-0.2, -0.15) is 0 Å². The maximum atomic E-state index is 6.64. The summed E-state index contributed by atoms with van der Waals surface area (Å²) in [7, 11) is 0. The summed E-state index contributed by atoms with van der Waals surface area (Å²) in [5.74, 6) is 1.71. The summed E-state index contributed by atoms with van der Waals surface area (Å²) in [6, 6.07) is 29.8. The third kappa shape index (κ3) is 3.20. The van der Waals surface area contributed by atoms with E-state index in [2.05, 4.69) is 89.6 Å². The highest BCUT2D eigenvalue weighted by atomic mass is 15.2. The van der Waals surface area contributed by atoms with E-state index in [0.717, 1.165) is 63.9 Å². The van der Waals surface area contributed by atoms with E-state index in [-0.39, 0.29) is 5.54 Å².